The molecule has 0 aromatic rings. The lowest BCUT2D eigenvalue weighted by molar-refractivity contribution is -0.0566. The van der Waals surface area contributed by atoms with Gasteiger partial charge in [-0.25, -0.2) is 0 Å². The molecule has 4 aliphatic carbocycles. The summed E-state index contributed by atoms with van der Waals surface area (Å²) in [5, 5.41) is 3.46. The monoisotopic (exact) mass is 259 g/mol. The molecule has 0 aromatic carbocycles. The second kappa shape index (κ2) is 4.91. The average molecular weight is 259 g/mol. The van der Waals surface area contributed by atoms with E-state index in [2.05, 4.69) is 11.4 Å². The minimum Gasteiger partial charge on any atom is -0.316 e. The van der Waals surface area contributed by atoms with Crippen molar-refractivity contribution in [1.29, 1.82) is 0 Å². The summed E-state index contributed by atoms with van der Waals surface area (Å²) in [6.45, 7) is 2.42. The quantitative estimate of drug-likeness (QED) is 0.745. The Morgan fingerprint density at radius 2 is 1.53 bits per heavy atom. The van der Waals surface area contributed by atoms with Crippen LogP contribution in [0.3, 0.4) is 0 Å². The van der Waals surface area contributed by atoms with Gasteiger partial charge in [0.2, 0.25) is 0 Å². The van der Waals surface area contributed by atoms with Crippen molar-refractivity contribution in [2.45, 2.75) is 64.2 Å². The van der Waals surface area contributed by atoms with E-state index in [9.17, 15) is 0 Å². The molecule has 1 heteroatoms. The highest BCUT2D eigenvalue weighted by molar-refractivity contribution is 5.07. The second-order valence-corrected chi connectivity index (χ2v) is 8.07. The molecule has 5 rings (SSSR count). The molecule has 0 aromatic heterocycles. The van der Waals surface area contributed by atoms with Gasteiger partial charge >= 0.3 is 0 Å². The molecule has 0 amide bonds. The number of hydrogen-bond acceptors (Lipinski definition) is 1. The van der Waals surface area contributed by atoms with Crippen LogP contribution in [0.15, 0.2) is 11.6 Å². The van der Waals surface area contributed by atoms with Gasteiger partial charge in [0.05, 0.1) is 0 Å². The van der Waals surface area contributed by atoms with Gasteiger partial charge in [-0.15, -0.1) is 0 Å². The number of nitrogens with one attached hydrogen (secondary N) is 1. The number of hydrogen-bond donors (Lipinski definition) is 1. The Bertz CT molecular complexity index is 325. The Labute approximate surface area is 118 Å². The predicted octanol–water partition coefficient (Wildman–Crippen LogP) is 4.29. The van der Waals surface area contributed by atoms with Crippen molar-refractivity contribution in [2.75, 3.05) is 13.1 Å². The maximum absolute atomic E-state index is 3.46. The number of rotatable bonds is 3. The lowest BCUT2D eigenvalue weighted by atomic mass is 9.48. The summed E-state index contributed by atoms with van der Waals surface area (Å²) in [6.07, 6.45) is 17.6. The van der Waals surface area contributed by atoms with Crippen LogP contribution in [0.25, 0.3) is 0 Å². The largest absolute Gasteiger partial charge is 0.316 e. The Hall–Kier alpha value is -0.300. The third-order valence-corrected chi connectivity index (χ3v) is 6.52. The van der Waals surface area contributed by atoms with Crippen LogP contribution in [0.2, 0.25) is 0 Å². The van der Waals surface area contributed by atoms with E-state index in [1.165, 1.54) is 38.8 Å². The van der Waals surface area contributed by atoms with E-state index in [1.54, 1.807) is 44.1 Å². The Morgan fingerprint density at radius 3 is 2.11 bits per heavy atom. The fourth-order valence-electron chi connectivity index (χ4n) is 6.13. The summed E-state index contributed by atoms with van der Waals surface area (Å²) in [5.41, 5.74) is 2.53. The first-order valence-electron chi connectivity index (χ1n) is 8.70. The summed E-state index contributed by atoms with van der Waals surface area (Å²) in [7, 11) is 0. The van der Waals surface area contributed by atoms with Crippen molar-refractivity contribution in [3.05, 3.63) is 11.6 Å². The van der Waals surface area contributed by atoms with Gasteiger partial charge in [0.1, 0.15) is 0 Å². The molecular formula is C18H29N. The lowest BCUT2D eigenvalue weighted by Gasteiger charge is -2.57. The molecule has 1 saturated heterocycles. The molecule has 5 aliphatic rings. The maximum atomic E-state index is 3.46. The highest BCUT2D eigenvalue weighted by atomic mass is 14.9. The van der Waals surface area contributed by atoms with Crippen LogP contribution in [0, 0.1) is 23.2 Å². The van der Waals surface area contributed by atoms with E-state index < -0.39 is 0 Å². The molecular weight excluding hydrogens is 230 g/mol. The van der Waals surface area contributed by atoms with Crippen LogP contribution in [-0.4, -0.2) is 13.1 Å². The Morgan fingerprint density at radius 1 is 0.947 bits per heavy atom. The molecule has 1 nitrogen and oxygen atoms in total. The van der Waals surface area contributed by atoms with Crippen molar-refractivity contribution < 1.29 is 0 Å². The van der Waals surface area contributed by atoms with Gasteiger partial charge in [-0.1, -0.05) is 11.6 Å². The van der Waals surface area contributed by atoms with E-state index in [-0.39, 0.29) is 0 Å². The highest BCUT2D eigenvalue weighted by Gasteiger charge is 2.50. The van der Waals surface area contributed by atoms with E-state index in [0.717, 1.165) is 23.2 Å². The first kappa shape index (κ1) is 12.4. The average Bonchev–Trinajstić information content (AvgIpc) is 2.38. The molecule has 19 heavy (non-hydrogen) atoms. The van der Waals surface area contributed by atoms with Crippen molar-refractivity contribution in [2.24, 2.45) is 23.2 Å². The molecule has 0 atom stereocenters. The van der Waals surface area contributed by atoms with E-state index in [1.807, 2.05) is 0 Å². The molecule has 0 radical (unpaired) electrons. The summed E-state index contributed by atoms with van der Waals surface area (Å²) >= 11 is 0. The summed E-state index contributed by atoms with van der Waals surface area (Å²) in [4.78, 5) is 0. The third-order valence-electron chi connectivity index (χ3n) is 6.52. The zero-order valence-corrected chi connectivity index (χ0v) is 12.3. The van der Waals surface area contributed by atoms with Gasteiger partial charge in [0, 0.05) is 0 Å². The van der Waals surface area contributed by atoms with Crippen LogP contribution < -0.4 is 5.32 Å². The number of piperidine rings is 1. The first-order chi connectivity index (χ1) is 9.31. The molecule has 1 aliphatic heterocycles. The molecule has 4 saturated carbocycles. The molecule has 1 N–H and O–H groups in total. The zero-order valence-electron chi connectivity index (χ0n) is 12.3. The smallest absolute Gasteiger partial charge is 0.00115 e. The van der Waals surface area contributed by atoms with Gasteiger partial charge in [0.25, 0.3) is 0 Å². The van der Waals surface area contributed by atoms with Gasteiger partial charge < -0.3 is 5.32 Å². The summed E-state index contributed by atoms with van der Waals surface area (Å²) in [6, 6.07) is 0. The van der Waals surface area contributed by atoms with E-state index in [4.69, 9.17) is 0 Å². The SMILES string of the molecule is C(CCC12CC3CC(CC(C3)C1)C2)=C1CCNCC1. The van der Waals surface area contributed by atoms with E-state index in [0.29, 0.717) is 0 Å². The Balaban J connectivity index is 1.37. The normalized spacial score (nSPS) is 44.6. The van der Waals surface area contributed by atoms with Crippen LogP contribution in [0.5, 0.6) is 0 Å². The van der Waals surface area contributed by atoms with Crippen LogP contribution in [-0.2, 0) is 0 Å². The number of allylic oxidation sites excluding steroid dienone is 1. The standard InChI is InChI=1S/C18H29N/c1(2-14-3-6-19-7-4-14)5-18-11-15-8-16(12-18)10-17(9-15)13-18/h2,15-17,19H,1,3-13H2. The van der Waals surface area contributed by atoms with Gasteiger partial charge in [-0.05, 0) is 100 Å². The van der Waals surface area contributed by atoms with E-state index >= 15 is 0 Å². The van der Waals surface area contributed by atoms with Crippen LogP contribution in [0.1, 0.15) is 64.2 Å². The summed E-state index contributed by atoms with van der Waals surface area (Å²) in [5.74, 6) is 3.37. The zero-order chi connectivity index (χ0) is 12.7. The van der Waals surface area contributed by atoms with Crippen molar-refractivity contribution >= 4 is 0 Å². The van der Waals surface area contributed by atoms with Crippen molar-refractivity contribution in [1.82, 2.24) is 5.32 Å². The maximum Gasteiger partial charge on any atom is -0.00115 e. The Kier molecular flexibility index (Phi) is 3.22. The lowest BCUT2D eigenvalue weighted by Crippen LogP contribution is -2.45. The van der Waals surface area contributed by atoms with Crippen LogP contribution >= 0.6 is 0 Å². The second-order valence-electron chi connectivity index (χ2n) is 8.07. The van der Waals surface area contributed by atoms with Gasteiger partial charge in [-0.3, -0.25) is 0 Å². The van der Waals surface area contributed by atoms with Gasteiger partial charge in [0.15, 0.2) is 0 Å². The molecule has 106 valence electrons. The summed E-state index contributed by atoms with van der Waals surface area (Å²) < 4.78 is 0. The van der Waals surface area contributed by atoms with Gasteiger partial charge in [-0.2, -0.15) is 0 Å². The molecule has 0 spiro atoms. The molecule has 4 bridgehead atoms. The fraction of sp³-hybridized carbons (Fsp3) is 0.889. The topological polar surface area (TPSA) is 12.0 Å². The highest BCUT2D eigenvalue weighted by Crippen LogP contribution is 2.61. The fourth-order valence-corrected chi connectivity index (χ4v) is 6.13. The molecule has 0 unspecified atom stereocenters. The van der Waals surface area contributed by atoms with Crippen molar-refractivity contribution in [3.63, 3.8) is 0 Å². The third kappa shape index (κ3) is 2.51. The van der Waals surface area contributed by atoms with Crippen LogP contribution in [0.4, 0.5) is 0 Å². The molecule has 1 heterocycles. The minimum absolute atomic E-state index is 0.790. The predicted molar refractivity (Wildman–Crippen MR) is 80.0 cm³/mol. The minimum atomic E-state index is 0.790. The first-order valence-corrected chi connectivity index (χ1v) is 8.70. The molecule has 5 fully saturated rings. The van der Waals surface area contributed by atoms with Crippen molar-refractivity contribution in [3.8, 4) is 0 Å².